The highest BCUT2D eigenvalue weighted by atomic mass is 19.4. The smallest absolute Gasteiger partial charge is 0.383 e. The van der Waals surface area contributed by atoms with Gasteiger partial charge in [0, 0.05) is 5.92 Å². The Morgan fingerprint density at radius 3 is 2.26 bits per heavy atom. The molecule has 0 spiro atoms. The second-order valence-corrected chi connectivity index (χ2v) is 6.05. The predicted octanol–water partition coefficient (Wildman–Crippen LogP) is 3.93. The summed E-state index contributed by atoms with van der Waals surface area (Å²) in [7, 11) is 0. The summed E-state index contributed by atoms with van der Waals surface area (Å²) in [6.45, 7) is 4.19. The van der Waals surface area contributed by atoms with Crippen LogP contribution in [0.1, 0.15) is 32.6 Å². The van der Waals surface area contributed by atoms with E-state index in [0.29, 0.717) is 19.8 Å². The molecule has 2 saturated carbocycles. The zero-order valence-corrected chi connectivity index (χ0v) is 10.6. The third kappa shape index (κ3) is 1.82. The van der Waals surface area contributed by atoms with Gasteiger partial charge in [0.25, 0.3) is 0 Å². The minimum atomic E-state index is -5.75. The molecule has 19 heavy (non-hydrogen) atoms. The van der Waals surface area contributed by atoms with E-state index in [0.717, 1.165) is 6.42 Å². The SMILES string of the molecule is C=CC12CCC(CC1C(C)(O)C(F)(F)C(F)(F)F)C2. The van der Waals surface area contributed by atoms with Crippen molar-refractivity contribution in [2.45, 2.75) is 50.3 Å². The average molecular weight is 284 g/mol. The Hall–Kier alpha value is -0.650. The van der Waals surface area contributed by atoms with Crippen molar-refractivity contribution in [3.05, 3.63) is 12.7 Å². The number of hydrogen-bond donors (Lipinski definition) is 1. The summed E-state index contributed by atoms with van der Waals surface area (Å²) in [6.07, 6.45) is -2.21. The number of halogens is 5. The van der Waals surface area contributed by atoms with E-state index in [4.69, 9.17) is 0 Å². The molecule has 1 nitrogen and oxygen atoms in total. The van der Waals surface area contributed by atoms with E-state index in [-0.39, 0.29) is 12.3 Å². The molecule has 0 aliphatic heterocycles. The minimum Gasteiger partial charge on any atom is -0.383 e. The van der Waals surface area contributed by atoms with Crippen molar-refractivity contribution in [3.8, 4) is 0 Å². The van der Waals surface area contributed by atoms with Crippen molar-refractivity contribution in [1.82, 2.24) is 0 Å². The molecule has 0 aromatic rings. The fourth-order valence-corrected chi connectivity index (χ4v) is 3.92. The number of hydrogen-bond acceptors (Lipinski definition) is 1. The summed E-state index contributed by atoms with van der Waals surface area (Å²) < 4.78 is 64.7. The molecular weight excluding hydrogens is 267 g/mol. The maximum atomic E-state index is 13.6. The van der Waals surface area contributed by atoms with Crippen LogP contribution in [0.4, 0.5) is 22.0 Å². The van der Waals surface area contributed by atoms with E-state index in [9.17, 15) is 27.1 Å². The first-order chi connectivity index (χ1) is 8.48. The van der Waals surface area contributed by atoms with Gasteiger partial charge in [-0.25, -0.2) is 0 Å². The van der Waals surface area contributed by atoms with Crippen LogP contribution in [0.2, 0.25) is 0 Å². The molecule has 2 fully saturated rings. The fraction of sp³-hybridized carbons (Fsp3) is 0.846. The van der Waals surface area contributed by atoms with E-state index in [1.165, 1.54) is 6.08 Å². The first-order valence-electron chi connectivity index (χ1n) is 6.28. The lowest BCUT2D eigenvalue weighted by atomic mass is 9.65. The van der Waals surface area contributed by atoms with Gasteiger partial charge in [0.1, 0.15) is 5.60 Å². The fourth-order valence-electron chi connectivity index (χ4n) is 3.92. The Balaban J connectivity index is 2.38. The van der Waals surface area contributed by atoms with Crippen LogP contribution in [0.25, 0.3) is 0 Å². The molecule has 2 rings (SSSR count). The van der Waals surface area contributed by atoms with Crippen molar-refractivity contribution in [1.29, 1.82) is 0 Å². The number of rotatable bonds is 3. The van der Waals surface area contributed by atoms with Gasteiger partial charge in [0.2, 0.25) is 0 Å². The zero-order chi connectivity index (χ0) is 14.7. The van der Waals surface area contributed by atoms with Gasteiger partial charge in [0.05, 0.1) is 0 Å². The molecule has 2 aliphatic rings. The monoisotopic (exact) mass is 284 g/mol. The van der Waals surface area contributed by atoms with Crippen LogP contribution in [0.15, 0.2) is 12.7 Å². The Morgan fingerprint density at radius 1 is 1.26 bits per heavy atom. The van der Waals surface area contributed by atoms with Crippen LogP contribution in [0, 0.1) is 17.3 Å². The highest BCUT2D eigenvalue weighted by molar-refractivity contribution is 5.17. The average Bonchev–Trinajstić information content (AvgIpc) is 2.85. The molecule has 4 unspecified atom stereocenters. The summed E-state index contributed by atoms with van der Waals surface area (Å²) in [5, 5.41) is 9.98. The summed E-state index contributed by atoms with van der Waals surface area (Å²) in [4.78, 5) is 0. The molecule has 4 atom stereocenters. The van der Waals surface area contributed by atoms with Crippen LogP contribution >= 0.6 is 0 Å². The van der Waals surface area contributed by atoms with E-state index in [1.807, 2.05) is 0 Å². The summed E-state index contributed by atoms with van der Waals surface area (Å²) in [5.74, 6) is -6.11. The molecule has 2 aliphatic carbocycles. The molecule has 0 amide bonds. The van der Waals surface area contributed by atoms with Gasteiger partial charge < -0.3 is 5.11 Å². The number of allylic oxidation sites excluding steroid dienone is 1. The van der Waals surface area contributed by atoms with Crippen molar-refractivity contribution < 1.29 is 27.1 Å². The molecule has 1 N–H and O–H groups in total. The first kappa shape index (κ1) is 14.8. The van der Waals surface area contributed by atoms with E-state index < -0.39 is 29.0 Å². The molecule has 6 heteroatoms. The van der Waals surface area contributed by atoms with Crippen molar-refractivity contribution >= 4 is 0 Å². The lowest BCUT2D eigenvalue weighted by Crippen LogP contribution is -2.61. The largest absolute Gasteiger partial charge is 0.456 e. The van der Waals surface area contributed by atoms with Crippen molar-refractivity contribution in [2.24, 2.45) is 17.3 Å². The second kappa shape index (κ2) is 3.93. The maximum Gasteiger partial charge on any atom is 0.456 e. The molecule has 0 aromatic heterocycles. The van der Waals surface area contributed by atoms with Gasteiger partial charge in [-0.15, -0.1) is 6.58 Å². The Kier molecular flexibility index (Phi) is 3.05. The lowest BCUT2D eigenvalue weighted by molar-refractivity contribution is -0.352. The predicted molar refractivity (Wildman–Crippen MR) is 59.7 cm³/mol. The Morgan fingerprint density at radius 2 is 1.84 bits per heavy atom. The van der Waals surface area contributed by atoms with Gasteiger partial charge in [-0.1, -0.05) is 6.08 Å². The van der Waals surface area contributed by atoms with Crippen molar-refractivity contribution in [2.75, 3.05) is 0 Å². The molecule has 0 aromatic carbocycles. The molecule has 0 saturated heterocycles. The highest BCUT2D eigenvalue weighted by Crippen LogP contribution is 2.64. The third-order valence-corrected chi connectivity index (χ3v) is 5.03. The summed E-state index contributed by atoms with van der Waals surface area (Å²) in [6, 6.07) is 0. The number of fused-ring (bicyclic) bond motifs is 2. The highest BCUT2D eigenvalue weighted by Gasteiger charge is 2.73. The Labute approximate surface area is 108 Å². The third-order valence-electron chi connectivity index (χ3n) is 5.03. The zero-order valence-electron chi connectivity index (χ0n) is 10.6. The minimum absolute atomic E-state index is 0.110. The van der Waals surface area contributed by atoms with E-state index in [1.54, 1.807) is 0 Å². The van der Waals surface area contributed by atoms with Gasteiger partial charge in [-0.05, 0) is 43.9 Å². The topological polar surface area (TPSA) is 20.2 Å². The molecule has 2 bridgehead atoms. The molecule has 0 heterocycles. The van der Waals surface area contributed by atoms with Gasteiger partial charge in [0.15, 0.2) is 0 Å². The molecule has 0 radical (unpaired) electrons. The molecular formula is C13H17F5O. The van der Waals surface area contributed by atoms with Crippen LogP contribution in [-0.2, 0) is 0 Å². The first-order valence-corrected chi connectivity index (χ1v) is 6.28. The quantitative estimate of drug-likeness (QED) is 0.615. The van der Waals surface area contributed by atoms with Crippen LogP contribution < -0.4 is 0 Å². The van der Waals surface area contributed by atoms with Crippen LogP contribution in [0.3, 0.4) is 0 Å². The second-order valence-electron chi connectivity index (χ2n) is 6.05. The van der Waals surface area contributed by atoms with E-state index >= 15 is 0 Å². The standard InChI is InChI=1S/C13H17F5O/c1-3-11-5-4-8(7-11)6-9(11)10(2,19)12(14,15)13(16,17)18/h3,8-9,19H,1,4-7H2,2H3. The number of aliphatic hydroxyl groups is 1. The normalized spacial score (nSPS) is 38.3. The van der Waals surface area contributed by atoms with Gasteiger partial charge in [-0.2, -0.15) is 22.0 Å². The van der Waals surface area contributed by atoms with Gasteiger partial charge in [-0.3, -0.25) is 0 Å². The van der Waals surface area contributed by atoms with Crippen molar-refractivity contribution in [3.63, 3.8) is 0 Å². The molecule has 110 valence electrons. The lowest BCUT2D eigenvalue weighted by Gasteiger charge is -2.45. The summed E-state index contributed by atoms with van der Waals surface area (Å²) in [5.41, 5.74) is -3.89. The van der Waals surface area contributed by atoms with Gasteiger partial charge >= 0.3 is 12.1 Å². The summed E-state index contributed by atoms with van der Waals surface area (Å²) >= 11 is 0. The van der Waals surface area contributed by atoms with Crippen LogP contribution in [-0.4, -0.2) is 22.8 Å². The maximum absolute atomic E-state index is 13.6. The van der Waals surface area contributed by atoms with E-state index in [2.05, 4.69) is 6.58 Å². The Bertz CT molecular complexity index is 387. The van der Waals surface area contributed by atoms with Crippen LogP contribution in [0.5, 0.6) is 0 Å². The number of alkyl halides is 5.